The number of fused-ring (bicyclic) bond motifs is 1. The number of carbonyl (C=O) groups is 2. The Labute approximate surface area is 171 Å². The molecule has 2 heterocycles. The fourth-order valence-electron chi connectivity index (χ4n) is 3.57. The molecule has 1 aromatic carbocycles. The second-order valence-corrected chi connectivity index (χ2v) is 6.90. The zero-order chi connectivity index (χ0) is 22.1. The largest absolute Gasteiger partial charge is 0.456 e. The van der Waals surface area contributed by atoms with Gasteiger partial charge in [0.1, 0.15) is 18.3 Å². The third-order valence-electron chi connectivity index (χ3n) is 5.03. The molecule has 1 fully saturated rings. The first-order valence-electron chi connectivity index (χ1n) is 9.25. The summed E-state index contributed by atoms with van der Waals surface area (Å²) in [5.74, 6) is -2.33. The van der Waals surface area contributed by atoms with Crippen LogP contribution in [0, 0.1) is 0 Å². The van der Waals surface area contributed by atoms with Crippen molar-refractivity contribution in [2.75, 3.05) is 7.11 Å². The zero-order valence-corrected chi connectivity index (χ0v) is 16.5. The number of cyclic esters (lactones) is 1. The van der Waals surface area contributed by atoms with Gasteiger partial charge in [-0.05, 0) is 19.9 Å². The van der Waals surface area contributed by atoms with Gasteiger partial charge in [-0.2, -0.15) is 13.2 Å². The van der Waals surface area contributed by atoms with Crippen molar-refractivity contribution in [3.63, 3.8) is 0 Å². The molecular weight excluding hydrogens is 405 g/mol. The van der Waals surface area contributed by atoms with Gasteiger partial charge in [0, 0.05) is 12.7 Å². The summed E-state index contributed by atoms with van der Waals surface area (Å²) in [5, 5.41) is 0. The predicted molar refractivity (Wildman–Crippen MR) is 98.2 cm³/mol. The minimum atomic E-state index is -5.11. The average Bonchev–Trinajstić information content (AvgIpc) is 2.96. The van der Waals surface area contributed by atoms with Crippen LogP contribution in [-0.2, 0) is 34.1 Å². The number of halogens is 3. The molecule has 6 nitrogen and oxygen atoms in total. The molecule has 1 saturated heterocycles. The number of hydrogen-bond donors (Lipinski definition) is 0. The van der Waals surface area contributed by atoms with Crippen LogP contribution in [0.3, 0.4) is 0 Å². The highest BCUT2D eigenvalue weighted by Gasteiger charge is 2.64. The lowest BCUT2D eigenvalue weighted by Gasteiger charge is -2.36. The van der Waals surface area contributed by atoms with Crippen LogP contribution >= 0.6 is 0 Å². The maximum absolute atomic E-state index is 14.1. The van der Waals surface area contributed by atoms with E-state index in [4.69, 9.17) is 18.9 Å². The van der Waals surface area contributed by atoms with E-state index in [9.17, 15) is 22.8 Å². The van der Waals surface area contributed by atoms with E-state index >= 15 is 0 Å². The van der Waals surface area contributed by atoms with Crippen LogP contribution in [0.25, 0.3) is 0 Å². The molecule has 0 radical (unpaired) electrons. The van der Waals surface area contributed by atoms with Crippen molar-refractivity contribution in [2.45, 2.75) is 50.0 Å². The van der Waals surface area contributed by atoms with Gasteiger partial charge in [0.25, 0.3) is 5.60 Å². The number of allylic oxidation sites excluding steroid dienone is 1. The highest BCUT2D eigenvalue weighted by molar-refractivity contribution is 5.92. The zero-order valence-electron chi connectivity index (χ0n) is 16.5. The lowest BCUT2D eigenvalue weighted by atomic mass is 9.92. The minimum absolute atomic E-state index is 0.107. The van der Waals surface area contributed by atoms with E-state index in [0.717, 1.165) is 19.2 Å². The molecule has 2 aliphatic rings. The molecule has 0 bridgehead atoms. The van der Waals surface area contributed by atoms with E-state index in [1.807, 2.05) is 0 Å². The molecule has 9 heteroatoms. The lowest BCUT2D eigenvalue weighted by Crippen LogP contribution is -2.53. The maximum atomic E-state index is 14.1. The number of benzene rings is 1. The Hall–Kier alpha value is -2.65. The second-order valence-electron chi connectivity index (χ2n) is 6.90. The van der Waals surface area contributed by atoms with Crippen molar-refractivity contribution in [2.24, 2.45) is 0 Å². The second kappa shape index (κ2) is 8.23. The van der Waals surface area contributed by atoms with Crippen LogP contribution in [-0.4, -0.2) is 49.6 Å². The summed E-state index contributed by atoms with van der Waals surface area (Å²) in [4.78, 5) is 24.9. The van der Waals surface area contributed by atoms with Gasteiger partial charge >= 0.3 is 18.1 Å². The first-order chi connectivity index (χ1) is 14.2. The van der Waals surface area contributed by atoms with Crippen molar-refractivity contribution in [3.8, 4) is 0 Å². The van der Waals surface area contributed by atoms with Gasteiger partial charge in [-0.3, -0.25) is 0 Å². The number of rotatable bonds is 5. The molecule has 0 unspecified atom stereocenters. The van der Waals surface area contributed by atoms with Crippen LogP contribution in [0.5, 0.6) is 0 Å². The van der Waals surface area contributed by atoms with Crippen LogP contribution in [0.2, 0.25) is 0 Å². The summed E-state index contributed by atoms with van der Waals surface area (Å²) >= 11 is 0. The predicted octanol–water partition coefficient (Wildman–Crippen LogP) is 3.22. The van der Waals surface area contributed by atoms with Crippen molar-refractivity contribution >= 4 is 11.9 Å². The summed E-state index contributed by atoms with van der Waals surface area (Å²) < 4.78 is 63.1. The first kappa shape index (κ1) is 22.0. The number of carbonyl (C=O) groups excluding carboxylic acids is 2. The van der Waals surface area contributed by atoms with E-state index < -0.39 is 53.7 Å². The third kappa shape index (κ3) is 3.63. The summed E-state index contributed by atoms with van der Waals surface area (Å²) in [6.07, 6.45) is -4.13. The van der Waals surface area contributed by atoms with Crippen molar-refractivity contribution in [1.29, 1.82) is 0 Å². The highest BCUT2D eigenvalue weighted by atomic mass is 19.4. The molecule has 30 heavy (non-hydrogen) atoms. The van der Waals surface area contributed by atoms with Gasteiger partial charge < -0.3 is 18.9 Å². The number of alkyl halides is 3. The van der Waals surface area contributed by atoms with Gasteiger partial charge in [0.05, 0.1) is 5.57 Å². The Morgan fingerprint density at radius 3 is 2.43 bits per heavy atom. The molecule has 1 aromatic rings. The summed E-state index contributed by atoms with van der Waals surface area (Å²) in [5.41, 5.74) is -3.66. The summed E-state index contributed by atoms with van der Waals surface area (Å²) in [6.45, 7) is 3.32. The van der Waals surface area contributed by atoms with Gasteiger partial charge in [-0.15, -0.1) is 0 Å². The van der Waals surface area contributed by atoms with E-state index in [0.29, 0.717) is 0 Å². The van der Waals surface area contributed by atoms with E-state index in [1.165, 1.54) is 30.4 Å². The molecule has 0 aliphatic carbocycles. The molecule has 0 aromatic heterocycles. The summed E-state index contributed by atoms with van der Waals surface area (Å²) in [6, 6.07) is 6.49. The van der Waals surface area contributed by atoms with Crippen LogP contribution in [0.1, 0.15) is 19.4 Å². The van der Waals surface area contributed by atoms with Crippen LogP contribution < -0.4 is 0 Å². The first-order valence-corrected chi connectivity index (χ1v) is 9.25. The van der Waals surface area contributed by atoms with Crippen molar-refractivity contribution in [3.05, 3.63) is 59.7 Å². The minimum Gasteiger partial charge on any atom is -0.456 e. The fraction of sp³-hybridized carbons (Fsp3) is 0.429. The quantitative estimate of drug-likeness (QED) is 0.532. The molecule has 3 rings (SSSR count). The average molecular weight is 426 g/mol. The van der Waals surface area contributed by atoms with Gasteiger partial charge in [0.15, 0.2) is 6.10 Å². The van der Waals surface area contributed by atoms with E-state index in [1.54, 1.807) is 19.9 Å². The number of ether oxygens (including phenoxy) is 4. The summed E-state index contributed by atoms with van der Waals surface area (Å²) in [7, 11) is 0.785. The Balaban J connectivity index is 2.00. The number of methoxy groups -OCH3 is 1. The van der Waals surface area contributed by atoms with Crippen molar-refractivity contribution < 1.29 is 41.7 Å². The molecule has 0 spiro atoms. The molecule has 0 saturated carbocycles. The molecule has 0 amide bonds. The number of hydrogen-bond acceptors (Lipinski definition) is 6. The SMILES string of the molecule is C/C=C/[C@@H]1O[C@@H]2C(=C[C@H]1OC(=O)[C@@](OC)(c1ccccc1)C(F)(F)F)C(=O)O[C@H]2C. The van der Waals surface area contributed by atoms with Crippen molar-refractivity contribution in [1.82, 2.24) is 0 Å². The fourth-order valence-corrected chi connectivity index (χ4v) is 3.57. The number of esters is 2. The van der Waals surface area contributed by atoms with E-state index in [-0.39, 0.29) is 5.57 Å². The monoisotopic (exact) mass is 426 g/mol. The maximum Gasteiger partial charge on any atom is 0.432 e. The standard InChI is InChI=1S/C21H21F3O6/c1-4-8-15-16(11-14-17(29-15)12(2)28-18(14)25)30-19(26)20(27-3,21(22,23)24)13-9-6-5-7-10-13/h4-12,15-17H,1-3H3/b8-4+/t12-,15-,16+,17-,20-/m0/s1. The Bertz CT molecular complexity index is 863. The van der Waals surface area contributed by atoms with Crippen LogP contribution in [0.15, 0.2) is 54.1 Å². The molecule has 0 N–H and O–H groups in total. The molecule has 162 valence electrons. The van der Waals surface area contributed by atoms with Gasteiger partial charge in [0.2, 0.25) is 0 Å². The van der Waals surface area contributed by atoms with Crippen LogP contribution in [0.4, 0.5) is 13.2 Å². The van der Waals surface area contributed by atoms with E-state index in [2.05, 4.69) is 0 Å². The smallest absolute Gasteiger partial charge is 0.432 e. The lowest BCUT2D eigenvalue weighted by molar-refractivity contribution is -0.279. The highest BCUT2D eigenvalue weighted by Crippen LogP contribution is 2.44. The third-order valence-corrected chi connectivity index (χ3v) is 5.03. The van der Waals surface area contributed by atoms with Gasteiger partial charge in [-0.1, -0.05) is 42.5 Å². The Kier molecular flexibility index (Phi) is 6.05. The molecule has 5 atom stereocenters. The normalized spacial score (nSPS) is 28.5. The molecular formula is C21H21F3O6. The van der Waals surface area contributed by atoms with Gasteiger partial charge in [-0.25, -0.2) is 9.59 Å². The Morgan fingerprint density at radius 2 is 1.87 bits per heavy atom. The molecule has 2 aliphatic heterocycles. The topological polar surface area (TPSA) is 71.1 Å². The Morgan fingerprint density at radius 1 is 1.20 bits per heavy atom.